The standard InChI is InChI=1S/C21H15FN4O3/c22-15-5-3-13-10-26(18(27)16(13)9-15)11-21(19(28)24-20(29)25-21)14-4-6-17-12(8-14)2-1-7-23-17/h1-9H,10-11H2,(H2,24,25,28,29). The molecule has 3 heterocycles. The van der Waals surface area contributed by atoms with Gasteiger partial charge in [0.15, 0.2) is 5.54 Å². The number of hydrogen-bond acceptors (Lipinski definition) is 4. The third-order valence-electron chi connectivity index (χ3n) is 5.42. The molecular weight excluding hydrogens is 375 g/mol. The van der Waals surface area contributed by atoms with Crippen LogP contribution in [0.15, 0.2) is 54.7 Å². The van der Waals surface area contributed by atoms with E-state index in [-0.39, 0.29) is 24.6 Å². The summed E-state index contributed by atoms with van der Waals surface area (Å²) in [4.78, 5) is 43.4. The Morgan fingerprint density at radius 2 is 1.97 bits per heavy atom. The van der Waals surface area contributed by atoms with Crippen molar-refractivity contribution in [2.24, 2.45) is 0 Å². The fraction of sp³-hybridized carbons (Fsp3) is 0.143. The molecule has 1 fully saturated rings. The van der Waals surface area contributed by atoms with Gasteiger partial charge >= 0.3 is 6.03 Å². The number of imide groups is 1. The zero-order valence-corrected chi connectivity index (χ0v) is 15.1. The van der Waals surface area contributed by atoms with Crippen LogP contribution in [0.4, 0.5) is 9.18 Å². The molecule has 0 aliphatic carbocycles. The van der Waals surface area contributed by atoms with E-state index < -0.39 is 23.3 Å². The summed E-state index contributed by atoms with van der Waals surface area (Å²) >= 11 is 0. The third kappa shape index (κ3) is 2.64. The summed E-state index contributed by atoms with van der Waals surface area (Å²) in [5, 5.41) is 5.77. The van der Waals surface area contributed by atoms with Crippen molar-refractivity contribution in [1.29, 1.82) is 0 Å². The molecule has 3 aromatic rings. The molecule has 2 N–H and O–H groups in total. The van der Waals surface area contributed by atoms with Gasteiger partial charge in [0, 0.05) is 23.7 Å². The third-order valence-corrected chi connectivity index (χ3v) is 5.42. The zero-order valence-electron chi connectivity index (χ0n) is 15.1. The molecule has 1 aromatic heterocycles. The number of urea groups is 1. The number of pyridine rings is 1. The Morgan fingerprint density at radius 1 is 1.10 bits per heavy atom. The van der Waals surface area contributed by atoms with Gasteiger partial charge in [0.25, 0.3) is 11.8 Å². The maximum atomic E-state index is 13.6. The molecule has 1 saturated heterocycles. The van der Waals surface area contributed by atoms with Crippen molar-refractivity contribution in [3.63, 3.8) is 0 Å². The van der Waals surface area contributed by atoms with Crippen LogP contribution >= 0.6 is 0 Å². The minimum atomic E-state index is -1.45. The maximum Gasteiger partial charge on any atom is 0.322 e. The lowest BCUT2D eigenvalue weighted by molar-refractivity contribution is -0.124. The fourth-order valence-electron chi connectivity index (χ4n) is 3.99. The Hall–Kier alpha value is -3.81. The summed E-state index contributed by atoms with van der Waals surface area (Å²) in [5.74, 6) is -1.42. The molecular formula is C21H15FN4O3. The molecule has 2 aliphatic heterocycles. The van der Waals surface area contributed by atoms with Crippen LogP contribution in [0.3, 0.4) is 0 Å². The molecule has 0 bridgehead atoms. The highest BCUT2D eigenvalue weighted by Gasteiger charge is 2.50. The number of aromatic nitrogens is 1. The monoisotopic (exact) mass is 390 g/mol. The molecule has 29 heavy (non-hydrogen) atoms. The van der Waals surface area contributed by atoms with E-state index >= 15 is 0 Å². The molecule has 7 nitrogen and oxygen atoms in total. The fourth-order valence-corrected chi connectivity index (χ4v) is 3.99. The minimum absolute atomic E-state index is 0.0779. The van der Waals surface area contributed by atoms with E-state index in [4.69, 9.17) is 0 Å². The highest BCUT2D eigenvalue weighted by atomic mass is 19.1. The maximum absolute atomic E-state index is 13.6. The molecule has 0 radical (unpaired) electrons. The second-order valence-corrected chi connectivity index (χ2v) is 7.19. The van der Waals surface area contributed by atoms with Crippen LogP contribution in [0.2, 0.25) is 0 Å². The number of fused-ring (bicyclic) bond motifs is 2. The number of benzene rings is 2. The number of carbonyl (C=O) groups excluding carboxylic acids is 3. The van der Waals surface area contributed by atoms with Crippen LogP contribution in [-0.2, 0) is 16.9 Å². The summed E-state index contributed by atoms with van der Waals surface area (Å²) in [7, 11) is 0. The van der Waals surface area contributed by atoms with E-state index in [1.807, 2.05) is 6.07 Å². The van der Waals surface area contributed by atoms with Gasteiger partial charge in [-0.25, -0.2) is 9.18 Å². The number of hydrogen-bond donors (Lipinski definition) is 2. The number of nitrogens with zero attached hydrogens (tertiary/aromatic N) is 2. The lowest BCUT2D eigenvalue weighted by atomic mass is 9.88. The molecule has 0 spiro atoms. The quantitative estimate of drug-likeness (QED) is 0.670. The summed E-state index contributed by atoms with van der Waals surface area (Å²) < 4.78 is 13.6. The molecule has 2 aromatic carbocycles. The lowest BCUT2D eigenvalue weighted by Gasteiger charge is -2.31. The average molecular weight is 390 g/mol. The van der Waals surface area contributed by atoms with Crippen molar-refractivity contribution in [2.75, 3.05) is 6.54 Å². The first-order valence-corrected chi connectivity index (χ1v) is 9.03. The number of rotatable bonds is 3. The summed E-state index contributed by atoms with van der Waals surface area (Å²) in [6, 6.07) is 12.3. The number of amides is 4. The highest BCUT2D eigenvalue weighted by molar-refractivity contribution is 6.08. The van der Waals surface area contributed by atoms with Gasteiger partial charge in [-0.1, -0.05) is 18.2 Å². The van der Waals surface area contributed by atoms with E-state index in [9.17, 15) is 18.8 Å². The molecule has 0 saturated carbocycles. The van der Waals surface area contributed by atoms with E-state index in [0.29, 0.717) is 11.1 Å². The number of carbonyl (C=O) groups is 3. The van der Waals surface area contributed by atoms with Crippen LogP contribution in [0.25, 0.3) is 10.9 Å². The second kappa shape index (κ2) is 6.10. The van der Waals surface area contributed by atoms with E-state index in [0.717, 1.165) is 10.9 Å². The predicted octanol–water partition coefficient (Wildman–Crippen LogP) is 2.06. The molecule has 4 amide bonds. The zero-order chi connectivity index (χ0) is 20.2. The van der Waals surface area contributed by atoms with Gasteiger partial charge in [0.05, 0.1) is 12.1 Å². The second-order valence-electron chi connectivity index (χ2n) is 7.19. The number of nitrogens with one attached hydrogen (secondary N) is 2. The van der Waals surface area contributed by atoms with Crippen LogP contribution in [0.1, 0.15) is 21.5 Å². The predicted molar refractivity (Wildman–Crippen MR) is 101 cm³/mol. The van der Waals surface area contributed by atoms with E-state index in [1.54, 1.807) is 36.5 Å². The Morgan fingerprint density at radius 3 is 2.76 bits per heavy atom. The number of halogens is 1. The van der Waals surface area contributed by atoms with E-state index in [2.05, 4.69) is 15.6 Å². The SMILES string of the molecule is O=C1NC(=O)C(CN2Cc3ccc(F)cc3C2=O)(c2ccc3ncccc3c2)N1. The Labute approximate surface area is 164 Å². The van der Waals surface area contributed by atoms with Gasteiger partial charge in [-0.15, -0.1) is 0 Å². The first kappa shape index (κ1) is 17.3. The minimum Gasteiger partial charge on any atom is -0.331 e. The Kier molecular flexibility index (Phi) is 3.64. The van der Waals surface area contributed by atoms with Gasteiger partial charge < -0.3 is 10.2 Å². The van der Waals surface area contributed by atoms with Gasteiger partial charge in [-0.05, 0) is 41.5 Å². The van der Waals surface area contributed by atoms with Crippen LogP contribution in [-0.4, -0.2) is 34.3 Å². The largest absolute Gasteiger partial charge is 0.331 e. The van der Waals surface area contributed by atoms with Crippen molar-refractivity contribution in [2.45, 2.75) is 12.1 Å². The van der Waals surface area contributed by atoms with Crippen LogP contribution in [0.5, 0.6) is 0 Å². The highest BCUT2D eigenvalue weighted by Crippen LogP contribution is 2.32. The van der Waals surface area contributed by atoms with Crippen molar-refractivity contribution < 1.29 is 18.8 Å². The van der Waals surface area contributed by atoms with Crippen molar-refractivity contribution in [1.82, 2.24) is 20.5 Å². The smallest absolute Gasteiger partial charge is 0.322 e. The van der Waals surface area contributed by atoms with Crippen LogP contribution in [0, 0.1) is 5.82 Å². The summed E-state index contributed by atoms with van der Waals surface area (Å²) in [6.45, 7) is 0.153. The molecule has 1 unspecified atom stereocenters. The van der Waals surface area contributed by atoms with Gasteiger partial charge in [-0.3, -0.25) is 19.9 Å². The van der Waals surface area contributed by atoms with E-state index in [1.165, 1.54) is 17.0 Å². The lowest BCUT2D eigenvalue weighted by Crippen LogP contribution is -2.52. The van der Waals surface area contributed by atoms with Gasteiger partial charge in [0.1, 0.15) is 5.82 Å². The summed E-state index contributed by atoms with van der Waals surface area (Å²) in [6.07, 6.45) is 1.67. The molecule has 1 atom stereocenters. The van der Waals surface area contributed by atoms with Gasteiger partial charge in [0.2, 0.25) is 0 Å². The molecule has 144 valence electrons. The van der Waals surface area contributed by atoms with Crippen molar-refractivity contribution in [3.8, 4) is 0 Å². The van der Waals surface area contributed by atoms with Gasteiger partial charge in [-0.2, -0.15) is 0 Å². The molecule has 2 aliphatic rings. The summed E-state index contributed by atoms with van der Waals surface area (Å²) in [5.41, 5.74) is 0.788. The normalized spacial score (nSPS) is 20.7. The van der Waals surface area contributed by atoms with Crippen molar-refractivity contribution in [3.05, 3.63) is 77.2 Å². The Bertz CT molecular complexity index is 1210. The topological polar surface area (TPSA) is 91.4 Å². The average Bonchev–Trinajstić information content (AvgIpc) is 3.17. The Balaban J connectivity index is 1.57. The first-order valence-electron chi connectivity index (χ1n) is 9.03. The molecule has 8 heteroatoms. The van der Waals surface area contributed by atoms with Crippen LogP contribution < -0.4 is 10.6 Å². The van der Waals surface area contributed by atoms with Crippen molar-refractivity contribution >= 4 is 28.7 Å². The first-order chi connectivity index (χ1) is 14.0. The molecule has 5 rings (SSSR count).